The predicted octanol–water partition coefficient (Wildman–Crippen LogP) is 0.267. The molecule has 0 radical (unpaired) electrons. The smallest absolute Gasteiger partial charge is 0.220 e. The molecular weight excluding hydrogens is 180 g/mol. The van der Waals surface area contributed by atoms with E-state index in [4.69, 9.17) is 10.5 Å². The Morgan fingerprint density at radius 2 is 2.50 bits per heavy atom. The van der Waals surface area contributed by atoms with Crippen LogP contribution in [-0.2, 0) is 9.53 Å². The molecule has 82 valence electrons. The molecule has 1 aliphatic rings. The summed E-state index contributed by atoms with van der Waals surface area (Å²) in [5.41, 5.74) is 5.53. The molecule has 2 unspecified atom stereocenters. The number of nitrogens with one attached hydrogen (secondary N) is 1. The summed E-state index contributed by atoms with van der Waals surface area (Å²) in [5.74, 6) is 0.495. The number of hydrogen-bond donors (Lipinski definition) is 2. The maximum atomic E-state index is 11.4. The molecule has 1 heterocycles. The molecule has 0 saturated carbocycles. The fraction of sp³-hybridized carbons (Fsp3) is 0.900. The van der Waals surface area contributed by atoms with Gasteiger partial charge in [0.2, 0.25) is 5.91 Å². The summed E-state index contributed by atoms with van der Waals surface area (Å²) in [7, 11) is 0. The van der Waals surface area contributed by atoms with Gasteiger partial charge in [-0.15, -0.1) is 0 Å². The Morgan fingerprint density at radius 3 is 3.07 bits per heavy atom. The number of carbonyl (C=O) groups excluding carboxylic acids is 1. The van der Waals surface area contributed by atoms with Crippen LogP contribution in [0.1, 0.15) is 26.2 Å². The zero-order chi connectivity index (χ0) is 10.4. The van der Waals surface area contributed by atoms with E-state index in [-0.39, 0.29) is 11.9 Å². The van der Waals surface area contributed by atoms with Crippen LogP contribution >= 0.6 is 0 Å². The van der Waals surface area contributed by atoms with E-state index >= 15 is 0 Å². The van der Waals surface area contributed by atoms with Crippen LogP contribution in [0.4, 0.5) is 0 Å². The van der Waals surface area contributed by atoms with Crippen molar-refractivity contribution in [2.45, 2.75) is 32.2 Å². The van der Waals surface area contributed by atoms with Gasteiger partial charge in [0.05, 0.1) is 0 Å². The van der Waals surface area contributed by atoms with Gasteiger partial charge in [0.25, 0.3) is 0 Å². The molecule has 0 spiro atoms. The Kier molecular flexibility index (Phi) is 4.90. The molecule has 1 amide bonds. The van der Waals surface area contributed by atoms with E-state index in [0.717, 1.165) is 26.1 Å². The normalized spacial score (nSPS) is 24.3. The average Bonchev–Trinajstić information content (AvgIpc) is 2.16. The van der Waals surface area contributed by atoms with Gasteiger partial charge in [-0.1, -0.05) is 0 Å². The van der Waals surface area contributed by atoms with Crippen molar-refractivity contribution in [3.05, 3.63) is 0 Å². The lowest BCUT2D eigenvalue weighted by Gasteiger charge is -2.21. The third kappa shape index (κ3) is 4.58. The minimum Gasteiger partial charge on any atom is -0.381 e. The highest BCUT2D eigenvalue weighted by Crippen LogP contribution is 2.16. The molecule has 4 nitrogen and oxygen atoms in total. The van der Waals surface area contributed by atoms with Crippen molar-refractivity contribution in [3.8, 4) is 0 Å². The van der Waals surface area contributed by atoms with E-state index < -0.39 is 0 Å². The summed E-state index contributed by atoms with van der Waals surface area (Å²) < 4.78 is 5.30. The first kappa shape index (κ1) is 11.5. The van der Waals surface area contributed by atoms with Crippen LogP contribution < -0.4 is 11.1 Å². The second-order valence-corrected chi connectivity index (χ2v) is 4.07. The van der Waals surface area contributed by atoms with E-state index in [0.29, 0.717) is 18.9 Å². The molecule has 14 heavy (non-hydrogen) atoms. The molecule has 0 bridgehead atoms. The third-order valence-corrected chi connectivity index (χ3v) is 2.35. The fourth-order valence-electron chi connectivity index (χ4n) is 1.58. The largest absolute Gasteiger partial charge is 0.381 e. The van der Waals surface area contributed by atoms with Crippen LogP contribution in [0.25, 0.3) is 0 Å². The highest BCUT2D eigenvalue weighted by molar-refractivity contribution is 5.76. The standard InChI is InChI=1S/C10H20N2O2/c1-8(11)6-12-10(13)5-9-3-2-4-14-7-9/h8-9H,2-7,11H2,1H3,(H,12,13). The van der Waals surface area contributed by atoms with Crippen LogP contribution in [0.3, 0.4) is 0 Å². The first-order valence-corrected chi connectivity index (χ1v) is 5.28. The minimum atomic E-state index is 0.0292. The summed E-state index contributed by atoms with van der Waals surface area (Å²) in [5, 5.41) is 2.81. The molecule has 0 aromatic rings. The zero-order valence-corrected chi connectivity index (χ0v) is 8.79. The van der Waals surface area contributed by atoms with Crippen molar-refractivity contribution >= 4 is 5.91 Å². The maximum Gasteiger partial charge on any atom is 0.220 e. The monoisotopic (exact) mass is 200 g/mol. The van der Waals surface area contributed by atoms with Gasteiger partial charge in [-0.3, -0.25) is 4.79 Å². The highest BCUT2D eigenvalue weighted by Gasteiger charge is 2.17. The molecule has 0 aliphatic carbocycles. The van der Waals surface area contributed by atoms with Gasteiger partial charge in [-0.2, -0.15) is 0 Å². The van der Waals surface area contributed by atoms with Gasteiger partial charge in [-0.05, 0) is 25.7 Å². The van der Waals surface area contributed by atoms with Gasteiger partial charge in [-0.25, -0.2) is 0 Å². The SMILES string of the molecule is CC(N)CNC(=O)CC1CCCOC1. The Bertz CT molecular complexity index is 177. The van der Waals surface area contributed by atoms with Gasteiger partial charge in [0.15, 0.2) is 0 Å². The van der Waals surface area contributed by atoms with Gasteiger partial charge in [0.1, 0.15) is 0 Å². The Labute approximate surface area is 85.2 Å². The molecule has 1 fully saturated rings. The number of carbonyl (C=O) groups is 1. The van der Waals surface area contributed by atoms with Crippen LogP contribution in [-0.4, -0.2) is 31.7 Å². The van der Waals surface area contributed by atoms with Gasteiger partial charge >= 0.3 is 0 Å². The molecule has 4 heteroatoms. The van der Waals surface area contributed by atoms with Crippen molar-refractivity contribution in [3.63, 3.8) is 0 Å². The second kappa shape index (κ2) is 5.98. The quantitative estimate of drug-likeness (QED) is 0.684. The summed E-state index contributed by atoms with van der Waals surface area (Å²) in [6.45, 7) is 4.01. The number of amides is 1. The van der Waals surface area contributed by atoms with Crippen molar-refractivity contribution in [2.24, 2.45) is 11.7 Å². The maximum absolute atomic E-state index is 11.4. The van der Waals surface area contributed by atoms with E-state index in [1.54, 1.807) is 0 Å². The van der Waals surface area contributed by atoms with Crippen LogP contribution in [0.5, 0.6) is 0 Å². The summed E-state index contributed by atoms with van der Waals surface area (Å²) >= 11 is 0. The summed E-state index contributed by atoms with van der Waals surface area (Å²) in [4.78, 5) is 11.4. The molecular formula is C10H20N2O2. The number of hydrogen-bond acceptors (Lipinski definition) is 3. The van der Waals surface area contributed by atoms with Gasteiger partial charge < -0.3 is 15.8 Å². The lowest BCUT2D eigenvalue weighted by molar-refractivity contribution is -0.123. The second-order valence-electron chi connectivity index (χ2n) is 4.07. The van der Waals surface area contributed by atoms with E-state index in [1.807, 2.05) is 6.92 Å². The molecule has 1 rings (SSSR count). The van der Waals surface area contributed by atoms with Crippen LogP contribution in [0, 0.1) is 5.92 Å². The number of ether oxygens (including phenoxy) is 1. The lowest BCUT2D eigenvalue weighted by atomic mass is 9.98. The topological polar surface area (TPSA) is 64.3 Å². The highest BCUT2D eigenvalue weighted by atomic mass is 16.5. The third-order valence-electron chi connectivity index (χ3n) is 2.35. The molecule has 2 atom stereocenters. The fourth-order valence-corrected chi connectivity index (χ4v) is 1.58. The predicted molar refractivity (Wildman–Crippen MR) is 54.8 cm³/mol. The summed E-state index contributed by atoms with van der Waals surface area (Å²) in [6.07, 6.45) is 2.75. The first-order chi connectivity index (χ1) is 6.68. The van der Waals surface area contributed by atoms with Crippen molar-refractivity contribution in [1.82, 2.24) is 5.32 Å². The first-order valence-electron chi connectivity index (χ1n) is 5.28. The van der Waals surface area contributed by atoms with Crippen molar-refractivity contribution in [2.75, 3.05) is 19.8 Å². The van der Waals surface area contributed by atoms with Crippen molar-refractivity contribution < 1.29 is 9.53 Å². The van der Waals surface area contributed by atoms with E-state index in [2.05, 4.69) is 5.32 Å². The lowest BCUT2D eigenvalue weighted by Crippen LogP contribution is -2.36. The number of rotatable bonds is 4. The number of nitrogens with two attached hydrogens (primary N) is 1. The molecule has 1 aliphatic heterocycles. The Balaban J connectivity index is 2.12. The van der Waals surface area contributed by atoms with E-state index in [1.165, 1.54) is 0 Å². The summed E-state index contributed by atoms with van der Waals surface area (Å²) in [6, 6.07) is 0.0292. The van der Waals surface area contributed by atoms with Gasteiger partial charge in [0, 0.05) is 32.2 Å². The van der Waals surface area contributed by atoms with E-state index in [9.17, 15) is 4.79 Å². The Morgan fingerprint density at radius 1 is 1.71 bits per heavy atom. The van der Waals surface area contributed by atoms with Crippen LogP contribution in [0.15, 0.2) is 0 Å². The molecule has 0 aromatic carbocycles. The Hall–Kier alpha value is -0.610. The zero-order valence-electron chi connectivity index (χ0n) is 8.79. The molecule has 0 aromatic heterocycles. The molecule has 3 N–H and O–H groups in total. The molecule has 1 saturated heterocycles. The van der Waals surface area contributed by atoms with Crippen molar-refractivity contribution in [1.29, 1.82) is 0 Å². The van der Waals surface area contributed by atoms with Crippen LogP contribution in [0.2, 0.25) is 0 Å². The minimum absolute atomic E-state index is 0.0292. The average molecular weight is 200 g/mol.